The van der Waals surface area contributed by atoms with Crippen LogP contribution in [0.2, 0.25) is 0 Å². The summed E-state index contributed by atoms with van der Waals surface area (Å²) < 4.78 is 5.32. The van der Waals surface area contributed by atoms with Gasteiger partial charge < -0.3 is 15.4 Å². The Morgan fingerprint density at radius 1 is 0.895 bits per heavy atom. The molecular formula is C28H24N6O4. The lowest BCUT2D eigenvalue weighted by atomic mass is 9.99. The maximum Gasteiger partial charge on any atom is 0.272 e. The number of carbonyl (C=O) groups excluding carboxylic acids is 1. The third-order valence-corrected chi connectivity index (χ3v) is 5.95. The number of benzene rings is 3. The van der Waals surface area contributed by atoms with Gasteiger partial charge in [0.1, 0.15) is 5.69 Å². The highest BCUT2D eigenvalue weighted by Crippen LogP contribution is 2.31. The fourth-order valence-corrected chi connectivity index (χ4v) is 4.05. The standard InChI is InChI=1S/C28H24N6O4/c1-2-38-27-24(25(36)26(27)37)30-22-14-20(13-21(15-22)28-31-33-34-32-28)19-10-8-17(9-11-19)12-23(35)29-16-18-6-4-3-5-7-18/h3-11,13-15,30H,2,12,16H2,1H3,(H,29,35)(H,31,32,33,34). The van der Waals surface area contributed by atoms with Crippen molar-refractivity contribution in [1.29, 1.82) is 0 Å². The first-order chi connectivity index (χ1) is 18.5. The van der Waals surface area contributed by atoms with Gasteiger partial charge in [-0.1, -0.05) is 54.6 Å². The number of tetrazole rings is 1. The fraction of sp³-hybridized carbons (Fsp3) is 0.143. The van der Waals surface area contributed by atoms with Crippen molar-refractivity contribution >= 4 is 17.3 Å². The second-order valence-corrected chi connectivity index (χ2v) is 8.59. The van der Waals surface area contributed by atoms with Gasteiger partial charge >= 0.3 is 0 Å². The zero-order valence-electron chi connectivity index (χ0n) is 20.5. The van der Waals surface area contributed by atoms with E-state index < -0.39 is 10.9 Å². The lowest BCUT2D eigenvalue weighted by Crippen LogP contribution is -2.35. The Morgan fingerprint density at radius 3 is 2.37 bits per heavy atom. The van der Waals surface area contributed by atoms with E-state index in [1.165, 1.54) is 0 Å². The topological polar surface area (TPSA) is 139 Å². The zero-order chi connectivity index (χ0) is 26.5. The fourth-order valence-electron chi connectivity index (χ4n) is 4.05. The van der Waals surface area contributed by atoms with Crippen molar-refractivity contribution in [2.75, 3.05) is 11.9 Å². The van der Waals surface area contributed by atoms with Crippen molar-refractivity contribution in [3.8, 4) is 28.3 Å². The zero-order valence-corrected chi connectivity index (χ0v) is 20.5. The molecule has 0 unspecified atom stereocenters. The Morgan fingerprint density at radius 2 is 1.66 bits per heavy atom. The molecule has 0 aliphatic carbocycles. The summed E-state index contributed by atoms with van der Waals surface area (Å²) in [5.74, 6) is 0.334. The highest BCUT2D eigenvalue weighted by atomic mass is 16.5. The van der Waals surface area contributed by atoms with Crippen LogP contribution in [0.3, 0.4) is 0 Å². The van der Waals surface area contributed by atoms with E-state index >= 15 is 0 Å². The van der Waals surface area contributed by atoms with E-state index in [0.717, 1.165) is 22.3 Å². The van der Waals surface area contributed by atoms with Crippen LogP contribution in [0.1, 0.15) is 18.1 Å². The number of aromatic amines is 1. The lowest BCUT2D eigenvalue weighted by Gasteiger charge is -2.15. The lowest BCUT2D eigenvalue weighted by molar-refractivity contribution is -0.120. The van der Waals surface area contributed by atoms with Crippen molar-refractivity contribution in [2.45, 2.75) is 19.9 Å². The highest BCUT2D eigenvalue weighted by molar-refractivity contribution is 5.81. The highest BCUT2D eigenvalue weighted by Gasteiger charge is 2.23. The maximum absolute atomic E-state index is 12.4. The summed E-state index contributed by atoms with van der Waals surface area (Å²) in [4.78, 5) is 36.4. The van der Waals surface area contributed by atoms with E-state index in [-0.39, 0.29) is 30.4 Å². The minimum Gasteiger partial charge on any atom is -0.488 e. The number of H-pyrrole nitrogens is 1. The molecular weight excluding hydrogens is 484 g/mol. The summed E-state index contributed by atoms with van der Waals surface area (Å²) in [5.41, 5.74) is 3.65. The molecule has 1 aromatic heterocycles. The second-order valence-electron chi connectivity index (χ2n) is 8.59. The molecule has 10 heteroatoms. The Labute approximate surface area is 217 Å². The number of hydrogen-bond acceptors (Lipinski definition) is 8. The number of nitrogens with zero attached hydrogens (tertiary/aromatic N) is 3. The van der Waals surface area contributed by atoms with Crippen molar-refractivity contribution in [3.05, 3.63) is 104 Å². The SMILES string of the molecule is CCOc1c(Nc2cc(-c3ccc(CC(=O)NCc4ccccc4)cc3)cc(-c3nn[nH]n3)c2)c(=O)c1=O. The molecule has 10 nitrogen and oxygen atoms in total. The molecule has 3 N–H and O–H groups in total. The van der Waals surface area contributed by atoms with Crippen LogP contribution >= 0.6 is 0 Å². The third kappa shape index (κ3) is 5.34. The summed E-state index contributed by atoms with van der Waals surface area (Å²) in [6, 6.07) is 22.9. The molecule has 5 rings (SSSR count). The van der Waals surface area contributed by atoms with Crippen molar-refractivity contribution < 1.29 is 9.53 Å². The molecule has 0 saturated heterocycles. The van der Waals surface area contributed by atoms with Gasteiger partial charge in [0.2, 0.25) is 11.7 Å². The first-order valence-electron chi connectivity index (χ1n) is 12.0. The number of anilines is 2. The Balaban J connectivity index is 1.36. The van der Waals surface area contributed by atoms with Gasteiger partial charge in [-0.3, -0.25) is 14.4 Å². The molecule has 0 spiro atoms. The van der Waals surface area contributed by atoms with Gasteiger partial charge in [-0.15, -0.1) is 10.2 Å². The molecule has 4 aromatic carbocycles. The van der Waals surface area contributed by atoms with Crippen molar-refractivity contribution in [2.24, 2.45) is 0 Å². The molecule has 190 valence electrons. The van der Waals surface area contributed by atoms with Crippen LogP contribution in [0.25, 0.3) is 22.5 Å². The van der Waals surface area contributed by atoms with E-state index in [1.807, 2.05) is 66.7 Å². The molecule has 0 radical (unpaired) electrons. The first-order valence-corrected chi connectivity index (χ1v) is 12.0. The summed E-state index contributed by atoms with van der Waals surface area (Å²) in [6.45, 7) is 2.49. The monoisotopic (exact) mass is 508 g/mol. The van der Waals surface area contributed by atoms with Crippen LogP contribution in [0.5, 0.6) is 5.75 Å². The minimum absolute atomic E-state index is 0.0268. The molecule has 0 aliphatic rings. The molecule has 0 bridgehead atoms. The number of amides is 1. The van der Waals surface area contributed by atoms with Gasteiger partial charge in [0.05, 0.1) is 13.0 Å². The predicted octanol–water partition coefficient (Wildman–Crippen LogP) is 3.13. The van der Waals surface area contributed by atoms with Crippen LogP contribution < -0.4 is 26.2 Å². The van der Waals surface area contributed by atoms with Crippen LogP contribution in [0, 0.1) is 0 Å². The number of rotatable bonds is 10. The number of aromatic nitrogens is 4. The van der Waals surface area contributed by atoms with Gasteiger partial charge in [0.15, 0.2) is 5.75 Å². The van der Waals surface area contributed by atoms with E-state index in [1.54, 1.807) is 13.0 Å². The molecule has 0 atom stereocenters. The molecule has 38 heavy (non-hydrogen) atoms. The van der Waals surface area contributed by atoms with Crippen LogP contribution in [0.4, 0.5) is 11.4 Å². The van der Waals surface area contributed by atoms with E-state index in [2.05, 4.69) is 31.3 Å². The van der Waals surface area contributed by atoms with E-state index in [9.17, 15) is 14.4 Å². The quantitative estimate of drug-likeness (QED) is 0.245. The van der Waals surface area contributed by atoms with Gasteiger partial charge in [0.25, 0.3) is 10.9 Å². The molecule has 1 heterocycles. The number of nitrogens with one attached hydrogen (secondary N) is 3. The summed E-state index contributed by atoms with van der Waals surface area (Å²) in [5, 5.41) is 20.1. The molecule has 0 fully saturated rings. The summed E-state index contributed by atoms with van der Waals surface area (Å²) in [6.07, 6.45) is 0.257. The smallest absolute Gasteiger partial charge is 0.272 e. The van der Waals surface area contributed by atoms with Crippen LogP contribution in [-0.2, 0) is 17.8 Å². The Kier molecular flexibility index (Phi) is 7.03. The van der Waals surface area contributed by atoms with Crippen LogP contribution in [0.15, 0.2) is 82.4 Å². The summed E-state index contributed by atoms with van der Waals surface area (Å²) >= 11 is 0. The number of hydrogen-bond donors (Lipinski definition) is 3. The van der Waals surface area contributed by atoms with Gasteiger partial charge in [-0.25, -0.2) is 0 Å². The van der Waals surface area contributed by atoms with Crippen LogP contribution in [-0.4, -0.2) is 33.1 Å². The van der Waals surface area contributed by atoms with Crippen molar-refractivity contribution in [1.82, 2.24) is 25.9 Å². The molecule has 5 aromatic rings. The first kappa shape index (κ1) is 24.6. The van der Waals surface area contributed by atoms with Gasteiger partial charge in [-0.2, -0.15) is 5.21 Å². The number of ether oxygens (including phenoxy) is 1. The maximum atomic E-state index is 12.4. The second kappa shape index (κ2) is 10.9. The van der Waals surface area contributed by atoms with E-state index in [0.29, 0.717) is 23.6 Å². The van der Waals surface area contributed by atoms with E-state index in [4.69, 9.17) is 4.74 Å². The summed E-state index contributed by atoms with van der Waals surface area (Å²) in [7, 11) is 0. The Hall–Kier alpha value is -5.12. The van der Waals surface area contributed by atoms with Gasteiger partial charge in [-0.05, 0) is 52.6 Å². The van der Waals surface area contributed by atoms with Crippen molar-refractivity contribution in [3.63, 3.8) is 0 Å². The predicted molar refractivity (Wildman–Crippen MR) is 143 cm³/mol. The normalized spacial score (nSPS) is 10.9. The average Bonchev–Trinajstić information content (AvgIpc) is 3.50. The minimum atomic E-state index is -0.646. The Bertz CT molecular complexity index is 1620. The van der Waals surface area contributed by atoms with Gasteiger partial charge in [0, 0.05) is 17.8 Å². The third-order valence-electron chi connectivity index (χ3n) is 5.95. The average molecular weight is 509 g/mol. The molecule has 0 aliphatic heterocycles. The molecule has 0 saturated carbocycles. The largest absolute Gasteiger partial charge is 0.488 e. The molecule has 1 amide bonds. The number of carbonyl (C=O) groups is 1.